The summed E-state index contributed by atoms with van der Waals surface area (Å²) in [5.74, 6) is 1.14. The lowest BCUT2D eigenvalue weighted by Crippen LogP contribution is -2.12. The molecule has 0 saturated heterocycles. The summed E-state index contributed by atoms with van der Waals surface area (Å²) in [4.78, 5) is 8.21. The molecule has 0 spiro atoms. The van der Waals surface area contributed by atoms with Gasteiger partial charge in [-0.05, 0) is 36.4 Å². The van der Waals surface area contributed by atoms with Gasteiger partial charge in [-0.3, -0.25) is 0 Å². The summed E-state index contributed by atoms with van der Waals surface area (Å²) >= 11 is 0. The molecule has 0 bridgehead atoms. The molecule has 0 amide bonds. The van der Waals surface area contributed by atoms with Crippen molar-refractivity contribution in [2.24, 2.45) is 10.7 Å². The third kappa shape index (κ3) is 3.46. The number of nitrogens with zero attached hydrogens (tertiary/aromatic N) is 2. The highest BCUT2D eigenvalue weighted by atomic mass is 35.5. The molecule has 0 aliphatic carbocycles. The van der Waals surface area contributed by atoms with Gasteiger partial charge in [0.15, 0.2) is 5.82 Å². The monoisotopic (exact) mass is 249 g/mol. The van der Waals surface area contributed by atoms with E-state index in [-0.39, 0.29) is 18.2 Å². The van der Waals surface area contributed by atoms with E-state index in [9.17, 15) is 0 Å². The molecule has 0 fully saturated rings. The standard InChI is InChI=1S/C12H11N3O.ClH/c13-12(9-4-6-10(16)7-5-9)15-11-3-1-2-8-14-11;/h1-8,16H,(H2,13,14,15);1H. The van der Waals surface area contributed by atoms with Gasteiger partial charge in [0.1, 0.15) is 11.6 Å². The number of hydrogen-bond donors (Lipinski definition) is 2. The van der Waals surface area contributed by atoms with Crippen LogP contribution in [0.2, 0.25) is 0 Å². The number of rotatable bonds is 2. The molecule has 0 saturated carbocycles. The highest BCUT2D eigenvalue weighted by molar-refractivity contribution is 5.98. The summed E-state index contributed by atoms with van der Waals surface area (Å²) < 4.78 is 0. The van der Waals surface area contributed by atoms with Gasteiger partial charge in [0.25, 0.3) is 0 Å². The van der Waals surface area contributed by atoms with E-state index in [1.165, 1.54) is 0 Å². The van der Waals surface area contributed by atoms with Crippen LogP contribution in [0.15, 0.2) is 53.7 Å². The molecule has 0 aliphatic rings. The van der Waals surface area contributed by atoms with Crippen LogP contribution in [0.3, 0.4) is 0 Å². The number of halogens is 1. The van der Waals surface area contributed by atoms with Crippen LogP contribution in [0.25, 0.3) is 0 Å². The number of amidine groups is 1. The van der Waals surface area contributed by atoms with Crippen LogP contribution in [-0.2, 0) is 0 Å². The number of phenolic OH excluding ortho intramolecular Hbond substituents is 1. The molecule has 2 rings (SSSR count). The van der Waals surface area contributed by atoms with Gasteiger partial charge < -0.3 is 10.8 Å². The fourth-order valence-electron chi connectivity index (χ4n) is 1.24. The van der Waals surface area contributed by atoms with Crippen LogP contribution in [0, 0.1) is 0 Å². The van der Waals surface area contributed by atoms with Crippen molar-refractivity contribution in [1.82, 2.24) is 4.98 Å². The van der Waals surface area contributed by atoms with Crippen molar-refractivity contribution < 1.29 is 5.11 Å². The predicted molar refractivity (Wildman–Crippen MR) is 70.0 cm³/mol. The van der Waals surface area contributed by atoms with E-state index in [4.69, 9.17) is 10.8 Å². The molecule has 3 N–H and O–H groups in total. The summed E-state index contributed by atoms with van der Waals surface area (Å²) in [7, 11) is 0. The van der Waals surface area contributed by atoms with Crippen LogP contribution in [-0.4, -0.2) is 15.9 Å². The molecule has 2 aromatic rings. The number of benzene rings is 1. The van der Waals surface area contributed by atoms with E-state index in [2.05, 4.69) is 9.98 Å². The fourth-order valence-corrected chi connectivity index (χ4v) is 1.24. The lowest BCUT2D eigenvalue weighted by molar-refractivity contribution is 0.475. The molecule has 0 aliphatic heterocycles. The fraction of sp³-hybridized carbons (Fsp3) is 0. The lowest BCUT2D eigenvalue weighted by atomic mass is 10.2. The number of aromatic nitrogens is 1. The maximum Gasteiger partial charge on any atom is 0.154 e. The molecule has 5 heteroatoms. The second-order valence-corrected chi connectivity index (χ2v) is 3.23. The molecule has 17 heavy (non-hydrogen) atoms. The maximum atomic E-state index is 9.14. The Morgan fingerprint density at radius 1 is 1.12 bits per heavy atom. The highest BCUT2D eigenvalue weighted by Crippen LogP contribution is 2.11. The number of aromatic hydroxyl groups is 1. The molecule has 4 nitrogen and oxygen atoms in total. The van der Waals surface area contributed by atoms with Gasteiger partial charge in [-0.1, -0.05) is 6.07 Å². The van der Waals surface area contributed by atoms with Crippen molar-refractivity contribution >= 4 is 24.1 Å². The largest absolute Gasteiger partial charge is 0.508 e. The molecular weight excluding hydrogens is 238 g/mol. The summed E-state index contributed by atoms with van der Waals surface area (Å²) in [5, 5.41) is 9.14. The zero-order valence-corrected chi connectivity index (χ0v) is 9.76. The second-order valence-electron chi connectivity index (χ2n) is 3.23. The van der Waals surface area contributed by atoms with E-state index < -0.39 is 0 Å². The van der Waals surface area contributed by atoms with Crippen molar-refractivity contribution in [2.45, 2.75) is 0 Å². The van der Waals surface area contributed by atoms with Crippen LogP contribution >= 0.6 is 12.4 Å². The zero-order chi connectivity index (χ0) is 11.4. The lowest BCUT2D eigenvalue weighted by Gasteiger charge is -2.00. The third-order valence-electron chi connectivity index (χ3n) is 2.05. The van der Waals surface area contributed by atoms with Crippen LogP contribution in [0.1, 0.15) is 5.56 Å². The Bertz CT molecular complexity index is 497. The normalized spacial score (nSPS) is 10.7. The first-order valence-corrected chi connectivity index (χ1v) is 4.80. The van der Waals surface area contributed by atoms with E-state index in [0.29, 0.717) is 11.7 Å². The number of pyridine rings is 1. The Morgan fingerprint density at radius 2 is 1.82 bits per heavy atom. The summed E-state index contributed by atoms with van der Waals surface area (Å²) in [6.45, 7) is 0. The minimum atomic E-state index is 0. The van der Waals surface area contributed by atoms with Gasteiger partial charge in [-0.2, -0.15) is 0 Å². The van der Waals surface area contributed by atoms with Gasteiger partial charge in [0, 0.05) is 11.8 Å². The average Bonchev–Trinajstić information content (AvgIpc) is 2.31. The van der Waals surface area contributed by atoms with Crippen molar-refractivity contribution in [1.29, 1.82) is 0 Å². The van der Waals surface area contributed by atoms with Crippen LogP contribution < -0.4 is 5.73 Å². The minimum absolute atomic E-state index is 0. The van der Waals surface area contributed by atoms with Gasteiger partial charge in [-0.15, -0.1) is 12.4 Å². The number of aliphatic imine (C=N–C) groups is 1. The van der Waals surface area contributed by atoms with Crippen LogP contribution in [0.5, 0.6) is 5.75 Å². The van der Waals surface area contributed by atoms with Crippen molar-refractivity contribution in [3.63, 3.8) is 0 Å². The first kappa shape index (κ1) is 13.0. The Labute approximate surface area is 105 Å². The average molecular weight is 250 g/mol. The van der Waals surface area contributed by atoms with Gasteiger partial charge in [0.2, 0.25) is 0 Å². The molecule has 1 aromatic heterocycles. The molecular formula is C12H12ClN3O. The summed E-state index contributed by atoms with van der Waals surface area (Å²) in [5.41, 5.74) is 6.56. The zero-order valence-electron chi connectivity index (χ0n) is 8.95. The van der Waals surface area contributed by atoms with E-state index >= 15 is 0 Å². The Hall–Kier alpha value is -2.07. The van der Waals surface area contributed by atoms with Crippen molar-refractivity contribution in [2.75, 3.05) is 0 Å². The molecule has 0 atom stereocenters. The molecule has 0 radical (unpaired) electrons. The topological polar surface area (TPSA) is 71.5 Å². The maximum absolute atomic E-state index is 9.14. The molecule has 0 unspecified atom stereocenters. The minimum Gasteiger partial charge on any atom is -0.508 e. The summed E-state index contributed by atoms with van der Waals surface area (Å²) in [6, 6.07) is 12.0. The predicted octanol–water partition coefficient (Wildman–Crippen LogP) is 2.25. The van der Waals surface area contributed by atoms with Gasteiger partial charge >= 0.3 is 0 Å². The quantitative estimate of drug-likeness (QED) is 0.633. The number of nitrogens with two attached hydrogens (primary N) is 1. The Morgan fingerprint density at radius 3 is 2.41 bits per heavy atom. The Balaban J connectivity index is 0.00000144. The van der Waals surface area contributed by atoms with Crippen molar-refractivity contribution in [3.05, 3.63) is 54.2 Å². The Kier molecular flexibility index (Phi) is 4.48. The summed E-state index contributed by atoms with van der Waals surface area (Å²) in [6.07, 6.45) is 1.66. The number of hydrogen-bond acceptors (Lipinski definition) is 3. The van der Waals surface area contributed by atoms with E-state index in [1.54, 1.807) is 36.5 Å². The number of phenols is 1. The molecule has 1 aromatic carbocycles. The SMILES string of the molecule is Cl.N/C(=N\c1ccccn1)c1ccc(O)cc1. The second kappa shape index (κ2) is 5.86. The van der Waals surface area contributed by atoms with Crippen LogP contribution in [0.4, 0.5) is 5.82 Å². The first-order valence-electron chi connectivity index (χ1n) is 4.80. The highest BCUT2D eigenvalue weighted by Gasteiger charge is 1.98. The van der Waals surface area contributed by atoms with E-state index in [0.717, 1.165) is 5.56 Å². The first-order chi connectivity index (χ1) is 7.75. The molecule has 88 valence electrons. The smallest absolute Gasteiger partial charge is 0.154 e. The third-order valence-corrected chi connectivity index (χ3v) is 2.05. The van der Waals surface area contributed by atoms with Gasteiger partial charge in [0.05, 0.1) is 0 Å². The van der Waals surface area contributed by atoms with Gasteiger partial charge in [-0.25, -0.2) is 9.98 Å². The van der Waals surface area contributed by atoms with Crippen molar-refractivity contribution in [3.8, 4) is 5.75 Å². The van der Waals surface area contributed by atoms with E-state index in [1.807, 2.05) is 12.1 Å². The molecule has 1 heterocycles.